The van der Waals surface area contributed by atoms with Crippen molar-refractivity contribution < 1.29 is 9.84 Å². The Bertz CT molecular complexity index is 36.0. The maximum Gasteiger partial charge on any atom is 0.0697 e. The maximum absolute atomic E-state index is 8.24. The monoisotopic (exact) mass is 141 g/mol. The summed E-state index contributed by atoms with van der Waals surface area (Å²) in [6, 6.07) is 0. The minimum absolute atomic E-state index is 0. The van der Waals surface area contributed by atoms with Crippen LogP contribution in [0.25, 0.3) is 0 Å². The molecule has 0 spiro atoms. The Morgan fingerprint density at radius 2 is 2.00 bits per heavy atom. The molecule has 1 N–H and O–H groups in total. The number of ether oxygens (including phenoxy) is 1. The third-order valence-corrected chi connectivity index (χ3v) is 0.878. The zero-order chi connectivity index (χ0) is 6.24. The average Bonchev–Trinajstić information content (AvgIpc) is 1.81. The second kappa shape index (κ2) is 11.7. The van der Waals surface area contributed by atoms with Crippen LogP contribution in [0.1, 0.15) is 19.8 Å². The van der Waals surface area contributed by atoms with Crippen molar-refractivity contribution in [3.63, 3.8) is 0 Å². The predicted octanol–water partition coefficient (Wildman–Crippen LogP) is 0.415. The van der Waals surface area contributed by atoms with Gasteiger partial charge in [-0.2, -0.15) is 0 Å². The Labute approximate surface area is 78.9 Å². The molecule has 0 aromatic carbocycles. The Morgan fingerprint density at radius 3 is 2.44 bits per heavy atom. The van der Waals surface area contributed by atoms with E-state index in [-0.39, 0.29) is 36.2 Å². The fourth-order valence-electron chi connectivity index (χ4n) is 0.413. The van der Waals surface area contributed by atoms with Crippen molar-refractivity contribution >= 4 is 29.6 Å². The van der Waals surface area contributed by atoms with Crippen molar-refractivity contribution in [1.29, 1.82) is 0 Å². The van der Waals surface area contributed by atoms with E-state index in [2.05, 4.69) is 6.92 Å². The van der Waals surface area contributed by atoms with Gasteiger partial charge in [-0.3, -0.25) is 0 Å². The van der Waals surface area contributed by atoms with Crippen molar-refractivity contribution in [2.24, 2.45) is 0 Å². The van der Waals surface area contributed by atoms with E-state index in [1.165, 1.54) is 0 Å². The fraction of sp³-hybridized carbons (Fsp3) is 1.00. The molecule has 3 heteroatoms. The summed E-state index contributed by atoms with van der Waals surface area (Å²) in [5.74, 6) is 0. The summed E-state index contributed by atoms with van der Waals surface area (Å²) < 4.78 is 4.97. The summed E-state index contributed by atoms with van der Waals surface area (Å²) in [7, 11) is 0. The summed E-state index contributed by atoms with van der Waals surface area (Å²) >= 11 is 0. The first-order valence-corrected chi connectivity index (χ1v) is 3.10. The predicted molar refractivity (Wildman–Crippen MR) is 38.6 cm³/mol. The summed E-state index contributed by atoms with van der Waals surface area (Å²) in [5.41, 5.74) is 0. The molecule has 0 atom stereocenters. The number of hydrogen-bond donors (Lipinski definition) is 1. The Morgan fingerprint density at radius 1 is 1.33 bits per heavy atom. The normalized spacial score (nSPS) is 8.67. The Kier molecular flexibility index (Phi) is 16.3. The molecule has 0 saturated carbocycles. The number of rotatable bonds is 5. The van der Waals surface area contributed by atoms with E-state index in [1.807, 2.05) is 0 Å². The molecule has 0 rings (SSSR count). The number of unbranched alkanes of at least 4 members (excludes halogenated alkanes) is 1. The molecule has 9 heavy (non-hydrogen) atoms. The first-order valence-electron chi connectivity index (χ1n) is 3.10. The van der Waals surface area contributed by atoms with Gasteiger partial charge in [0.05, 0.1) is 13.2 Å². The van der Waals surface area contributed by atoms with Gasteiger partial charge in [0.15, 0.2) is 0 Å². The Balaban J connectivity index is 0. The molecular formula is C6H14NaO2. The number of aliphatic hydroxyl groups excluding tert-OH is 1. The van der Waals surface area contributed by atoms with E-state index < -0.39 is 0 Å². The molecule has 1 radical (unpaired) electrons. The largest absolute Gasteiger partial charge is 0.394 e. The molecule has 0 amide bonds. The van der Waals surface area contributed by atoms with Crippen LogP contribution in [0.5, 0.6) is 0 Å². The summed E-state index contributed by atoms with van der Waals surface area (Å²) in [4.78, 5) is 0. The third kappa shape index (κ3) is 12.2. The maximum atomic E-state index is 8.24. The fourth-order valence-corrected chi connectivity index (χ4v) is 0.413. The van der Waals surface area contributed by atoms with Crippen LogP contribution >= 0.6 is 0 Å². The molecule has 0 fully saturated rings. The number of hydrogen-bond acceptors (Lipinski definition) is 2. The Hall–Kier alpha value is 0.920. The van der Waals surface area contributed by atoms with Gasteiger partial charge in [0.25, 0.3) is 0 Å². The summed E-state index contributed by atoms with van der Waals surface area (Å²) in [6.45, 7) is 3.53. The van der Waals surface area contributed by atoms with Crippen LogP contribution in [-0.2, 0) is 4.74 Å². The van der Waals surface area contributed by atoms with Crippen LogP contribution in [0.2, 0.25) is 0 Å². The zero-order valence-corrected chi connectivity index (χ0v) is 8.39. The zero-order valence-electron chi connectivity index (χ0n) is 6.39. The molecule has 0 aliphatic carbocycles. The molecule has 51 valence electrons. The third-order valence-electron chi connectivity index (χ3n) is 0.878. The average molecular weight is 141 g/mol. The second-order valence-corrected chi connectivity index (χ2v) is 1.69. The molecule has 2 nitrogen and oxygen atoms in total. The van der Waals surface area contributed by atoms with Crippen LogP contribution in [0.3, 0.4) is 0 Å². The van der Waals surface area contributed by atoms with E-state index in [4.69, 9.17) is 9.84 Å². The van der Waals surface area contributed by atoms with Gasteiger partial charge in [0.2, 0.25) is 0 Å². The van der Waals surface area contributed by atoms with Gasteiger partial charge in [-0.1, -0.05) is 13.3 Å². The summed E-state index contributed by atoms with van der Waals surface area (Å²) in [6.07, 6.45) is 2.26. The minimum atomic E-state index is 0. The summed E-state index contributed by atoms with van der Waals surface area (Å²) in [5, 5.41) is 8.24. The van der Waals surface area contributed by atoms with E-state index in [9.17, 15) is 0 Å². The quantitative estimate of drug-likeness (QED) is 0.444. The van der Waals surface area contributed by atoms with E-state index in [0.29, 0.717) is 6.61 Å². The van der Waals surface area contributed by atoms with E-state index >= 15 is 0 Å². The molecule has 0 unspecified atom stereocenters. The van der Waals surface area contributed by atoms with Crippen molar-refractivity contribution in [2.75, 3.05) is 19.8 Å². The standard InChI is InChI=1S/C6H14O2.Na/c1-2-3-5-8-6-4-7;/h7H,2-6H2,1H3;. The van der Waals surface area contributed by atoms with Gasteiger partial charge in [0, 0.05) is 36.2 Å². The van der Waals surface area contributed by atoms with Gasteiger partial charge in [-0.25, -0.2) is 0 Å². The van der Waals surface area contributed by atoms with Crippen LogP contribution < -0.4 is 0 Å². The van der Waals surface area contributed by atoms with Gasteiger partial charge in [-0.15, -0.1) is 0 Å². The van der Waals surface area contributed by atoms with Gasteiger partial charge in [-0.05, 0) is 6.42 Å². The number of aliphatic hydroxyl groups is 1. The molecule has 0 aromatic heterocycles. The van der Waals surface area contributed by atoms with Crippen LogP contribution in [0, 0.1) is 0 Å². The topological polar surface area (TPSA) is 29.5 Å². The van der Waals surface area contributed by atoms with Gasteiger partial charge in [0.1, 0.15) is 0 Å². The van der Waals surface area contributed by atoms with Crippen molar-refractivity contribution in [1.82, 2.24) is 0 Å². The van der Waals surface area contributed by atoms with Crippen molar-refractivity contribution in [2.45, 2.75) is 19.8 Å². The first-order chi connectivity index (χ1) is 3.91. The minimum Gasteiger partial charge on any atom is -0.394 e. The molecule has 0 aliphatic heterocycles. The molecule has 0 aliphatic rings. The van der Waals surface area contributed by atoms with Crippen molar-refractivity contribution in [3.05, 3.63) is 0 Å². The first kappa shape index (κ1) is 12.6. The second-order valence-electron chi connectivity index (χ2n) is 1.69. The molecule has 0 saturated heterocycles. The van der Waals surface area contributed by atoms with E-state index in [0.717, 1.165) is 19.4 Å². The molecule has 0 heterocycles. The van der Waals surface area contributed by atoms with Crippen LogP contribution in [0.15, 0.2) is 0 Å². The SMILES string of the molecule is CCCCOCCO.[Na]. The molecule has 0 bridgehead atoms. The molecular weight excluding hydrogens is 127 g/mol. The van der Waals surface area contributed by atoms with Crippen LogP contribution in [0.4, 0.5) is 0 Å². The van der Waals surface area contributed by atoms with Gasteiger partial charge >= 0.3 is 0 Å². The van der Waals surface area contributed by atoms with Gasteiger partial charge < -0.3 is 9.84 Å². The van der Waals surface area contributed by atoms with Crippen molar-refractivity contribution in [3.8, 4) is 0 Å². The van der Waals surface area contributed by atoms with Crippen LogP contribution in [-0.4, -0.2) is 54.5 Å². The smallest absolute Gasteiger partial charge is 0.0697 e. The van der Waals surface area contributed by atoms with E-state index in [1.54, 1.807) is 0 Å². The molecule has 0 aromatic rings.